The van der Waals surface area contributed by atoms with Gasteiger partial charge in [0.2, 0.25) is 0 Å². The number of halogens is 2. The molecule has 1 aromatic carbocycles. The smallest absolute Gasteiger partial charge is 0.280 e. The lowest BCUT2D eigenvalue weighted by molar-refractivity contribution is -0.908. The van der Waals surface area contributed by atoms with Gasteiger partial charge in [0.05, 0.1) is 31.6 Å². The van der Waals surface area contributed by atoms with E-state index in [2.05, 4.69) is 15.4 Å². The second-order valence-corrected chi connectivity index (χ2v) is 7.75. The standard InChI is InChI=1S/C22H25F2N5O2/c1-15-3-5-16(6-4-15)18-13-19(20(23)24)29-21(27-18)17(14-26-29)22(30)25-7-2-8-28-9-11-31-12-10-28/h3-6,13-14,20H,2,7-12H2,1H3,(H,25,30)/p+1. The number of benzene rings is 1. The Kier molecular flexibility index (Phi) is 6.53. The zero-order chi connectivity index (χ0) is 21.8. The number of ether oxygens (including phenoxy) is 1. The Morgan fingerprint density at radius 3 is 2.71 bits per heavy atom. The van der Waals surface area contributed by atoms with E-state index in [1.54, 1.807) is 0 Å². The minimum Gasteiger partial charge on any atom is -0.370 e. The van der Waals surface area contributed by atoms with Crippen molar-refractivity contribution in [2.75, 3.05) is 39.4 Å². The minimum absolute atomic E-state index is 0.129. The van der Waals surface area contributed by atoms with E-state index in [4.69, 9.17) is 4.74 Å². The van der Waals surface area contributed by atoms with Crippen molar-refractivity contribution in [3.8, 4) is 11.3 Å². The van der Waals surface area contributed by atoms with Crippen LogP contribution in [0, 0.1) is 6.92 Å². The predicted octanol–water partition coefficient (Wildman–Crippen LogP) is 1.68. The highest BCUT2D eigenvalue weighted by Crippen LogP contribution is 2.27. The van der Waals surface area contributed by atoms with Crippen LogP contribution in [-0.4, -0.2) is 59.9 Å². The third-order valence-electron chi connectivity index (χ3n) is 5.51. The highest BCUT2D eigenvalue weighted by Gasteiger charge is 2.21. The lowest BCUT2D eigenvalue weighted by atomic mass is 10.1. The molecular weight excluding hydrogens is 404 g/mol. The number of carbonyl (C=O) groups is 1. The topological polar surface area (TPSA) is 73.0 Å². The van der Waals surface area contributed by atoms with Crippen LogP contribution in [0.1, 0.15) is 34.5 Å². The summed E-state index contributed by atoms with van der Waals surface area (Å²) in [6.07, 6.45) is -0.623. The fourth-order valence-electron chi connectivity index (χ4n) is 3.72. The van der Waals surface area contributed by atoms with E-state index < -0.39 is 6.43 Å². The van der Waals surface area contributed by atoms with Gasteiger partial charge in [-0.3, -0.25) is 4.79 Å². The molecule has 7 nitrogen and oxygen atoms in total. The quantitative estimate of drug-likeness (QED) is 0.560. The van der Waals surface area contributed by atoms with Crippen LogP contribution in [0.25, 0.3) is 16.9 Å². The van der Waals surface area contributed by atoms with E-state index in [-0.39, 0.29) is 22.8 Å². The molecule has 0 radical (unpaired) electrons. The van der Waals surface area contributed by atoms with Crippen molar-refractivity contribution in [3.63, 3.8) is 0 Å². The molecule has 1 aliphatic rings. The van der Waals surface area contributed by atoms with Gasteiger partial charge in [0.1, 0.15) is 24.3 Å². The summed E-state index contributed by atoms with van der Waals surface area (Å²) >= 11 is 0. The lowest BCUT2D eigenvalue weighted by Gasteiger charge is -2.23. The molecule has 1 amide bonds. The zero-order valence-corrected chi connectivity index (χ0v) is 17.4. The maximum absolute atomic E-state index is 13.7. The minimum atomic E-state index is -2.75. The number of carbonyl (C=O) groups excluding carboxylic acids is 1. The number of hydrogen-bond donors (Lipinski definition) is 2. The first-order valence-corrected chi connectivity index (χ1v) is 10.5. The molecule has 0 atom stereocenters. The Labute approximate surface area is 179 Å². The van der Waals surface area contributed by atoms with Gasteiger partial charge in [-0.25, -0.2) is 18.3 Å². The third kappa shape index (κ3) is 4.88. The number of hydrogen-bond acceptors (Lipinski definition) is 4. The number of fused-ring (bicyclic) bond motifs is 1. The van der Waals surface area contributed by atoms with Crippen molar-refractivity contribution in [1.29, 1.82) is 0 Å². The highest BCUT2D eigenvalue weighted by molar-refractivity contribution is 5.99. The maximum atomic E-state index is 13.7. The Morgan fingerprint density at radius 1 is 1.26 bits per heavy atom. The van der Waals surface area contributed by atoms with Crippen molar-refractivity contribution >= 4 is 11.6 Å². The highest BCUT2D eigenvalue weighted by atomic mass is 19.3. The van der Waals surface area contributed by atoms with Crippen molar-refractivity contribution in [1.82, 2.24) is 19.9 Å². The molecule has 4 rings (SSSR count). The molecule has 0 bridgehead atoms. The van der Waals surface area contributed by atoms with Crippen LogP contribution in [0.5, 0.6) is 0 Å². The Balaban J connectivity index is 1.53. The van der Waals surface area contributed by atoms with Gasteiger partial charge in [-0.15, -0.1) is 0 Å². The molecule has 31 heavy (non-hydrogen) atoms. The summed E-state index contributed by atoms with van der Waals surface area (Å²) in [6, 6.07) is 8.76. The van der Waals surface area contributed by atoms with Crippen LogP contribution in [0.3, 0.4) is 0 Å². The monoisotopic (exact) mass is 430 g/mol. The van der Waals surface area contributed by atoms with Crippen LogP contribution in [0.2, 0.25) is 0 Å². The van der Waals surface area contributed by atoms with E-state index in [9.17, 15) is 13.6 Å². The first-order chi connectivity index (χ1) is 15.0. The van der Waals surface area contributed by atoms with Gasteiger partial charge in [-0.05, 0) is 13.0 Å². The van der Waals surface area contributed by atoms with Crippen molar-refractivity contribution < 1.29 is 23.2 Å². The van der Waals surface area contributed by atoms with E-state index in [0.29, 0.717) is 17.8 Å². The molecule has 1 aliphatic heterocycles. The van der Waals surface area contributed by atoms with E-state index in [0.717, 1.165) is 49.3 Å². The number of amides is 1. The lowest BCUT2D eigenvalue weighted by Crippen LogP contribution is -3.14. The SMILES string of the molecule is Cc1ccc(-c2cc(C(F)F)n3ncc(C(=O)NCCC[NH+]4CCOCC4)c3n2)cc1. The third-order valence-corrected chi connectivity index (χ3v) is 5.51. The molecule has 0 unspecified atom stereocenters. The number of aromatic nitrogens is 3. The number of nitrogens with zero attached hydrogens (tertiary/aromatic N) is 3. The molecule has 2 aromatic heterocycles. The first kappa shape index (κ1) is 21.3. The van der Waals surface area contributed by atoms with Crippen LogP contribution >= 0.6 is 0 Å². The van der Waals surface area contributed by atoms with Gasteiger partial charge in [0, 0.05) is 18.5 Å². The van der Waals surface area contributed by atoms with Gasteiger partial charge < -0.3 is 15.0 Å². The van der Waals surface area contributed by atoms with Crippen LogP contribution in [0.4, 0.5) is 8.78 Å². The van der Waals surface area contributed by atoms with Gasteiger partial charge in [0.15, 0.2) is 5.65 Å². The Bertz CT molecular complexity index is 1050. The number of alkyl halides is 2. The molecule has 164 valence electrons. The summed E-state index contributed by atoms with van der Waals surface area (Å²) in [7, 11) is 0. The number of aryl methyl sites for hydroxylation is 1. The predicted molar refractivity (Wildman–Crippen MR) is 111 cm³/mol. The second-order valence-electron chi connectivity index (χ2n) is 7.75. The van der Waals surface area contributed by atoms with E-state index >= 15 is 0 Å². The molecule has 1 saturated heterocycles. The summed E-state index contributed by atoms with van der Waals surface area (Å²) in [6.45, 7) is 6.89. The average molecular weight is 430 g/mol. The van der Waals surface area contributed by atoms with Crippen LogP contribution in [0.15, 0.2) is 36.5 Å². The van der Waals surface area contributed by atoms with Crippen LogP contribution < -0.4 is 10.2 Å². The summed E-state index contributed by atoms with van der Waals surface area (Å²) in [5.41, 5.74) is 2.17. The molecule has 0 aliphatic carbocycles. The zero-order valence-electron chi connectivity index (χ0n) is 17.4. The molecule has 2 N–H and O–H groups in total. The fourth-order valence-corrected chi connectivity index (χ4v) is 3.72. The number of morpholine rings is 1. The largest absolute Gasteiger partial charge is 0.370 e. The normalized spacial score (nSPS) is 15.0. The molecular formula is C22H26F2N5O2+. The van der Waals surface area contributed by atoms with E-state index in [1.807, 2.05) is 31.2 Å². The number of quaternary nitrogens is 1. The van der Waals surface area contributed by atoms with Crippen molar-refractivity contribution in [3.05, 3.63) is 53.3 Å². The fraction of sp³-hybridized carbons (Fsp3) is 0.409. The van der Waals surface area contributed by atoms with Crippen molar-refractivity contribution in [2.24, 2.45) is 0 Å². The molecule has 0 spiro atoms. The van der Waals surface area contributed by atoms with E-state index in [1.165, 1.54) is 17.2 Å². The molecule has 3 aromatic rings. The summed E-state index contributed by atoms with van der Waals surface area (Å²) in [4.78, 5) is 18.7. The second kappa shape index (κ2) is 9.49. The number of rotatable bonds is 7. The van der Waals surface area contributed by atoms with Gasteiger partial charge in [-0.2, -0.15) is 5.10 Å². The Morgan fingerprint density at radius 2 is 2.00 bits per heavy atom. The summed E-state index contributed by atoms with van der Waals surface area (Å²) in [5.74, 6) is -0.360. The van der Waals surface area contributed by atoms with Crippen LogP contribution in [-0.2, 0) is 4.74 Å². The maximum Gasteiger partial charge on any atom is 0.280 e. The number of nitrogens with one attached hydrogen (secondary N) is 2. The average Bonchev–Trinajstić information content (AvgIpc) is 3.21. The first-order valence-electron chi connectivity index (χ1n) is 10.5. The summed E-state index contributed by atoms with van der Waals surface area (Å²) < 4.78 is 33.8. The molecule has 9 heteroatoms. The molecule has 1 fully saturated rings. The summed E-state index contributed by atoms with van der Waals surface area (Å²) in [5, 5.41) is 6.87. The molecule has 3 heterocycles. The van der Waals surface area contributed by atoms with Gasteiger partial charge in [0.25, 0.3) is 12.3 Å². The van der Waals surface area contributed by atoms with Gasteiger partial charge >= 0.3 is 0 Å². The van der Waals surface area contributed by atoms with Crippen molar-refractivity contribution in [2.45, 2.75) is 19.8 Å². The van der Waals surface area contributed by atoms with Gasteiger partial charge in [-0.1, -0.05) is 29.8 Å². The Hall–Kier alpha value is -2.91. The molecule has 0 saturated carbocycles.